The summed E-state index contributed by atoms with van der Waals surface area (Å²) in [6.45, 7) is 0.557. The van der Waals surface area contributed by atoms with E-state index >= 15 is 0 Å². The SMILES string of the molecule is N=C(N)c1ccc(CNC(=O)[C@@H](CC(=O)[C@@H](CCCc2ccccc2)NS(=O)(=O)Cc2ccccc2)Cc2cccc(CN)c2)cc1. The molecule has 0 saturated carbocycles. The molecular formula is C37H43N5O4S. The van der Waals surface area contributed by atoms with Crippen LogP contribution in [0.1, 0.15) is 52.6 Å². The molecule has 4 aromatic rings. The van der Waals surface area contributed by atoms with Gasteiger partial charge in [0.15, 0.2) is 5.78 Å². The third-order valence-corrected chi connectivity index (χ3v) is 9.33. The lowest BCUT2D eigenvalue weighted by molar-refractivity contribution is -0.130. The second kappa shape index (κ2) is 17.3. The first kappa shape index (κ1) is 35.2. The van der Waals surface area contributed by atoms with Crippen molar-refractivity contribution < 1.29 is 18.0 Å². The van der Waals surface area contributed by atoms with Crippen molar-refractivity contribution in [3.05, 3.63) is 143 Å². The van der Waals surface area contributed by atoms with Gasteiger partial charge in [-0.1, -0.05) is 109 Å². The molecule has 9 nitrogen and oxygen atoms in total. The zero-order valence-electron chi connectivity index (χ0n) is 26.4. The highest BCUT2D eigenvalue weighted by atomic mass is 32.2. The second-order valence-corrected chi connectivity index (χ2v) is 13.5. The van der Waals surface area contributed by atoms with Gasteiger partial charge in [0.05, 0.1) is 11.8 Å². The Bertz CT molecular complexity index is 1730. The summed E-state index contributed by atoms with van der Waals surface area (Å²) in [5, 5.41) is 10.5. The van der Waals surface area contributed by atoms with Gasteiger partial charge in [0.1, 0.15) is 5.84 Å². The predicted octanol–water partition coefficient (Wildman–Crippen LogP) is 4.37. The van der Waals surface area contributed by atoms with Gasteiger partial charge >= 0.3 is 0 Å². The molecule has 47 heavy (non-hydrogen) atoms. The third-order valence-electron chi connectivity index (χ3n) is 7.97. The average molecular weight is 654 g/mol. The summed E-state index contributed by atoms with van der Waals surface area (Å²) in [5.41, 5.74) is 16.3. The van der Waals surface area contributed by atoms with Crippen LogP contribution in [0.25, 0.3) is 0 Å². The Hall–Kier alpha value is -4.64. The van der Waals surface area contributed by atoms with Gasteiger partial charge < -0.3 is 16.8 Å². The Balaban J connectivity index is 1.52. The molecule has 2 atom stereocenters. The quantitative estimate of drug-likeness (QED) is 0.0789. The molecule has 7 N–H and O–H groups in total. The number of amidine groups is 1. The van der Waals surface area contributed by atoms with Crippen LogP contribution in [0.15, 0.2) is 109 Å². The lowest BCUT2D eigenvalue weighted by atomic mass is 9.89. The van der Waals surface area contributed by atoms with Crippen molar-refractivity contribution in [1.29, 1.82) is 5.41 Å². The number of benzene rings is 4. The summed E-state index contributed by atoms with van der Waals surface area (Å²) < 4.78 is 29.2. The van der Waals surface area contributed by atoms with E-state index in [1.54, 1.807) is 48.5 Å². The van der Waals surface area contributed by atoms with E-state index in [9.17, 15) is 18.0 Å². The van der Waals surface area contributed by atoms with Crippen molar-refractivity contribution >= 4 is 27.5 Å². The molecule has 0 aliphatic carbocycles. The molecular weight excluding hydrogens is 611 g/mol. The summed E-state index contributed by atoms with van der Waals surface area (Å²) in [6, 6.07) is 32.2. The van der Waals surface area contributed by atoms with Gasteiger partial charge in [0, 0.05) is 31.0 Å². The van der Waals surface area contributed by atoms with Crippen LogP contribution in [-0.4, -0.2) is 32.0 Å². The molecule has 4 aromatic carbocycles. The summed E-state index contributed by atoms with van der Waals surface area (Å²) in [4.78, 5) is 27.6. The van der Waals surface area contributed by atoms with Gasteiger partial charge in [0.2, 0.25) is 15.9 Å². The van der Waals surface area contributed by atoms with E-state index in [-0.39, 0.29) is 42.7 Å². The molecule has 246 valence electrons. The molecule has 0 aromatic heterocycles. The fraction of sp³-hybridized carbons (Fsp3) is 0.270. The van der Waals surface area contributed by atoms with Crippen molar-refractivity contribution in [3.63, 3.8) is 0 Å². The van der Waals surface area contributed by atoms with Gasteiger partial charge in [-0.3, -0.25) is 15.0 Å². The minimum absolute atomic E-state index is 0.0448. The highest BCUT2D eigenvalue weighted by Crippen LogP contribution is 2.19. The molecule has 0 spiro atoms. The maximum absolute atomic E-state index is 14.0. The maximum atomic E-state index is 14.0. The lowest BCUT2D eigenvalue weighted by Crippen LogP contribution is -2.43. The van der Waals surface area contributed by atoms with Crippen LogP contribution in [0.4, 0.5) is 0 Å². The average Bonchev–Trinajstić information content (AvgIpc) is 3.07. The van der Waals surface area contributed by atoms with Gasteiger partial charge in [-0.25, -0.2) is 13.1 Å². The number of amides is 1. The first-order chi connectivity index (χ1) is 22.6. The van der Waals surface area contributed by atoms with Crippen molar-refractivity contribution in [2.45, 2.75) is 57.0 Å². The van der Waals surface area contributed by atoms with E-state index in [2.05, 4.69) is 10.0 Å². The Morgan fingerprint density at radius 2 is 1.38 bits per heavy atom. The molecule has 0 aliphatic rings. The highest BCUT2D eigenvalue weighted by Gasteiger charge is 2.29. The standard InChI is InChI=1S/C37H43N5O4S/c38-24-31-15-7-14-30(21-31)22-33(37(44)41-25-28-17-19-32(20-18-28)36(39)40)23-35(43)34(16-8-13-27-9-3-1-4-10-27)42-47(45,46)26-29-11-5-2-6-12-29/h1-7,9-12,14-15,17-21,33-34,42H,8,13,16,22-26,38H2,(H3,39,40)(H,41,44)/t33-,34-/m1/s1. The van der Waals surface area contributed by atoms with E-state index in [0.29, 0.717) is 36.9 Å². The van der Waals surface area contributed by atoms with Crippen LogP contribution < -0.4 is 21.5 Å². The summed E-state index contributed by atoms with van der Waals surface area (Å²) in [7, 11) is -3.86. The third kappa shape index (κ3) is 11.6. The highest BCUT2D eigenvalue weighted by molar-refractivity contribution is 7.88. The first-order valence-corrected chi connectivity index (χ1v) is 17.4. The van der Waals surface area contributed by atoms with E-state index in [1.807, 2.05) is 60.7 Å². The monoisotopic (exact) mass is 653 g/mol. The van der Waals surface area contributed by atoms with E-state index in [1.165, 1.54) is 0 Å². The number of ketones is 1. The number of sulfonamides is 1. The Morgan fingerprint density at radius 1 is 0.766 bits per heavy atom. The molecule has 4 rings (SSSR count). The van der Waals surface area contributed by atoms with Crippen LogP contribution in [0.5, 0.6) is 0 Å². The van der Waals surface area contributed by atoms with Crippen molar-refractivity contribution in [3.8, 4) is 0 Å². The van der Waals surface area contributed by atoms with Crippen molar-refractivity contribution in [2.24, 2.45) is 17.4 Å². The number of rotatable bonds is 18. The topological polar surface area (TPSA) is 168 Å². The van der Waals surface area contributed by atoms with Gasteiger partial charge in [-0.15, -0.1) is 0 Å². The lowest BCUT2D eigenvalue weighted by Gasteiger charge is -2.22. The smallest absolute Gasteiger partial charge is 0.224 e. The molecule has 0 aliphatic heterocycles. The fourth-order valence-electron chi connectivity index (χ4n) is 5.44. The number of Topliss-reactive ketones (excluding diaryl/α,β-unsaturated/α-hetero) is 1. The number of carbonyl (C=O) groups excluding carboxylic acids is 2. The Labute approximate surface area is 277 Å². The largest absolute Gasteiger partial charge is 0.384 e. The van der Waals surface area contributed by atoms with Crippen LogP contribution in [0.3, 0.4) is 0 Å². The van der Waals surface area contributed by atoms with Crippen molar-refractivity contribution in [1.82, 2.24) is 10.0 Å². The maximum Gasteiger partial charge on any atom is 0.224 e. The molecule has 0 unspecified atom stereocenters. The van der Waals surface area contributed by atoms with Crippen molar-refractivity contribution in [2.75, 3.05) is 0 Å². The van der Waals surface area contributed by atoms with Crippen LogP contribution in [0, 0.1) is 11.3 Å². The second-order valence-electron chi connectivity index (χ2n) is 11.7. The Morgan fingerprint density at radius 3 is 2.02 bits per heavy atom. The van der Waals surface area contributed by atoms with E-state index < -0.39 is 22.0 Å². The fourth-order valence-corrected chi connectivity index (χ4v) is 6.84. The minimum Gasteiger partial charge on any atom is -0.384 e. The molecule has 0 saturated heterocycles. The predicted molar refractivity (Wildman–Crippen MR) is 186 cm³/mol. The number of nitrogens with two attached hydrogens (primary N) is 2. The molecule has 0 heterocycles. The molecule has 0 fully saturated rings. The minimum atomic E-state index is -3.86. The van der Waals surface area contributed by atoms with E-state index in [0.717, 1.165) is 22.3 Å². The zero-order chi connectivity index (χ0) is 33.6. The van der Waals surface area contributed by atoms with Crippen LogP contribution in [0.2, 0.25) is 0 Å². The van der Waals surface area contributed by atoms with Gasteiger partial charge in [-0.05, 0) is 53.5 Å². The summed E-state index contributed by atoms with van der Waals surface area (Å²) in [5.74, 6) is -1.70. The Kier molecular flexibility index (Phi) is 13.0. The summed E-state index contributed by atoms with van der Waals surface area (Å²) in [6.07, 6.45) is 1.69. The molecule has 10 heteroatoms. The first-order valence-electron chi connectivity index (χ1n) is 15.7. The number of hydrogen-bond donors (Lipinski definition) is 5. The number of hydrogen-bond acceptors (Lipinski definition) is 6. The van der Waals surface area contributed by atoms with Crippen LogP contribution in [-0.2, 0) is 51.3 Å². The van der Waals surface area contributed by atoms with Gasteiger partial charge in [-0.2, -0.15) is 0 Å². The van der Waals surface area contributed by atoms with Gasteiger partial charge in [0.25, 0.3) is 0 Å². The number of aryl methyl sites for hydroxylation is 1. The number of nitrogens with one attached hydrogen (secondary N) is 3. The summed E-state index contributed by atoms with van der Waals surface area (Å²) >= 11 is 0. The normalized spacial score (nSPS) is 12.6. The zero-order valence-corrected chi connectivity index (χ0v) is 27.2. The number of nitrogen functional groups attached to an aromatic ring is 1. The van der Waals surface area contributed by atoms with Crippen LogP contribution >= 0.6 is 0 Å². The number of carbonyl (C=O) groups is 2. The molecule has 1 amide bonds. The molecule has 0 radical (unpaired) electrons. The van der Waals surface area contributed by atoms with E-state index in [4.69, 9.17) is 16.9 Å². The molecule has 0 bridgehead atoms.